The Morgan fingerprint density at radius 1 is 0.943 bits per heavy atom. The van der Waals surface area contributed by atoms with Gasteiger partial charge in [0.1, 0.15) is 6.04 Å². The minimum atomic E-state index is -1.61. The first-order valence-electron chi connectivity index (χ1n) is 10.9. The minimum Gasteiger partial charge on any atom is -0.481 e. The van der Waals surface area contributed by atoms with Gasteiger partial charge >= 0.3 is 11.9 Å². The van der Waals surface area contributed by atoms with Gasteiger partial charge in [0, 0.05) is 6.54 Å². The number of amides is 2. The Kier molecular flexibility index (Phi) is 9.97. The fourth-order valence-corrected chi connectivity index (χ4v) is 3.54. The van der Waals surface area contributed by atoms with Crippen molar-refractivity contribution in [2.24, 2.45) is 22.2 Å². The van der Waals surface area contributed by atoms with Crippen molar-refractivity contribution in [3.8, 4) is 0 Å². The normalized spacial score (nSPS) is 13.3. The molecule has 35 heavy (non-hydrogen) atoms. The monoisotopic (exact) mass is 486 g/mol. The molecule has 0 spiro atoms. The number of hydrogen-bond acceptors (Lipinski definition) is 6. The van der Waals surface area contributed by atoms with Crippen LogP contribution in [0.1, 0.15) is 37.3 Å². The fourth-order valence-electron chi connectivity index (χ4n) is 3.54. The number of hydrogen-bond donors (Lipinski definition) is 7. The van der Waals surface area contributed by atoms with Gasteiger partial charge < -0.3 is 38.0 Å². The SMILES string of the molecule is NC(N)=NCCC[C@H](N)C(=O)N[C@H](CC(=O)N[C@@H](CC(=O)O)C(=O)O)c1cccc2ccccc12. The number of nitrogens with two attached hydrogens (primary N) is 3. The molecule has 0 fully saturated rings. The Balaban J connectivity index is 2.23. The molecule has 2 amide bonds. The molecule has 0 aromatic heterocycles. The molecule has 10 N–H and O–H groups in total. The molecule has 188 valence electrons. The number of guanidine groups is 1. The summed E-state index contributed by atoms with van der Waals surface area (Å²) >= 11 is 0. The highest BCUT2D eigenvalue weighted by molar-refractivity contribution is 5.90. The predicted molar refractivity (Wildman–Crippen MR) is 129 cm³/mol. The number of carboxylic acid groups (broad SMARTS) is 2. The smallest absolute Gasteiger partial charge is 0.326 e. The van der Waals surface area contributed by atoms with Gasteiger partial charge in [-0.15, -0.1) is 0 Å². The number of fused-ring (bicyclic) bond motifs is 1. The summed E-state index contributed by atoms with van der Waals surface area (Å²) in [6, 6.07) is 9.41. The number of carboxylic acids is 2. The summed E-state index contributed by atoms with van der Waals surface area (Å²) in [5.74, 6) is -4.16. The van der Waals surface area contributed by atoms with E-state index >= 15 is 0 Å². The van der Waals surface area contributed by atoms with Gasteiger partial charge in [-0.2, -0.15) is 0 Å². The number of carbonyl (C=O) groups excluding carboxylic acids is 2. The van der Waals surface area contributed by atoms with Crippen LogP contribution in [-0.4, -0.2) is 58.6 Å². The fraction of sp³-hybridized carbons (Fsp3) is 0.348. The van der Waals surface area contributed by atoms with Crippen LogP contribution in [0.4, 0.5) is 0 Å². The molecule has 0 saturated heterocycles. The quantitative estimate of drug-likeness (QED) is 0.113. The van der Waals surface area contributed by atoms with Crippen molar-refractivity contribution in [1.29, 1.82) is 0 Å². The molecule has 0 radical (unpaired) electrons. The summed E-state index contributed by atoms with van der Waals surface area (Å²) in [5.41, 5.74) is 17.2. The van der Waals surface area contributed by atoms with Gasteiger partial charge in [0.25, 0.3) is 0 Å². The summed E-state index contributed by atoms with van der Waals surface area (Å²) in [4.78, 5) is 51.7. The summed E-state index contributed by atoms with van der Waals surface area (Å²) in [5, 5.41) is 24.8. The number of aliphatic carboxylic acids is 2. The van der Waals surface area contributed by atoms with Crippen molar-refractivity contribution in [3.05, 3.63) is 48.0 Å². The van der Waals surface area contributed by atoms with Crippen LogP contribution in [0.2, 0.25) is 0 Å². The summed E-state index contributed by atoms with van der Waals surface area (Å²) in [6.07, 6.45) is -0.366. The Labute approximate surface area is 201 Å². The van der Waals surface area contributed by atoms with Crippen molar-refractivity contribution in [3.63, 3.8) is 0 Å². The lowest BCUT2D eigenvalue weighted by Crippen LogP contribution is -2.46. The van der Waals surface area contributed by atoms with Crippen molar-refractivity contribution in [2.45, 2.75) is 43.8 Å². The highest BCUT2D eigenvalue weighted by Gasteiger charge is 2.27. The molecular formula is C23H30N6O6. The van der Waals surface area contributed by atoms with Gasteiger partial charge in [0.15, 0.2) is 5.96 Å². The van der Waals surface area contributed by atoms with Gasteiger partial charge in [-0.25, -0.2) is 4.79 Å². The van der Waals surface area contributed by atoms with E-state index in [4.69, 9.17) is 22.3 Å². The predicted octanol–water partition coefficient (Wildman–Crippen LogP) is -0.188. The summed E-state index contributed by atoms with van der Waals surface area (Å²) in [6.45, 7) is 0.304. The van der Waals surface area contributed by atoms with Crippen LogP contribution in [0.3, 0.4) is 0 Å². The van der Waals surface area contributed by atoms with Crippen molar-refractivity contribution >= 4 is 40.5 Å². The first kappa shape index (κ1) is 27.1. The number of benzene rings is 2. The molecule has 12 nitrogen and oxygen atoms in total. The first-order chi connectivity index (χ1) is 16.6. The molecule has 0 bridgehead atoms. The van der Waals surface area contributed by atoms with E-state index in [1.165, 1.54) is 0 Å². The summed E-state index contributed by atoms with van der Waals surface area (Å²) < 4.78 is 0. The van der Waals surface area contributed by atoms with E-state index in [9.17, 15) is 24.3 Å². The largest absolute Gasteiger partial charge is 0.481 e. The van der Waals surface area contributed by atoms with E-state index < -0.39 is 48.3 Å². The van der Waals surface area contributed by atoms with Gasteiger partial charge in [-0.05, 0) is 29.2 Å². The maximum absolute atomic E-state index is 12.8. The van der Waals surface area contributed by atoms with Crippen LogP contribution >= 0.6 is 0 Å². The molecule has 0 saturated carbocycles. The molecule has 0 aliphatic carbocycles. The number of nitrogens with one attached hydrogen (secondary N) is 2. The molecule has 2 rings (SSSR count). The molecule has 0 unspecified atom stereocenters. The minimum absolute atomic E-state index is 0.0624. The maximum atomic E-state index is 12.8. The standard InChI is InChI=1S/C23H30N6O6/c24-16(9-4-10-27-23(25)26)21(33)29-17(11-19(30)28-18(22(34)35)12-20(31)32)15-8-3-6-13-5-1-2-7-14(13)15/h1-3,5-8,16-18H,4,9-12,24H2,(H,28,30)(H,29,33)(H,31,32)(H,34,35)(H4,25,26,27)/t16-,17+,18-/m0/s1. The molecular weight excluding hydrogens is 456 g/mol. The van der Waals surface area contributed by atoms with Crippen molar-refractivity contribution in [1.82, 2.24) is 10.6 Å². The third kappa shape index (κ3) is 8.59. The van der Waals surface area contributed by atoms with Gasteiger partial charge in [-0.1, -0.05) is 42.5 Å². The maximum Gasteiger partial charge on any atom is 0.326 e. The summed E-state index contributed by atoms with van der Waals surface area (Å²) in [7, 11) is 0. The van der Waals surface area contributed by atoms with Gasteiger partial charge in [-0.3, -0.25) is 19.4 Å². The zero-order valence-corrected chi connectivity index (χ0v) is 19.0. The lowest BCUT2D eigenvalue weighted by atomic mass is 9.95. The lowest BCUT2D eigenvalue weighted by molar-refractivity contribution is -0.147. The van der Waals surface area contributed by atoms with E-state index in [1.54, 1.807) is 12.1 Å². The van der Waals surface area contributed by atoms with Crippen LogP contribution < -0.4 is 27.8 Å². The van der Waals surface area contributed by atoms with Gasteiger partial charge in [0.2, 0.25) is 11.8 Å². The lowest BCUT2D eigenvalue weighted by Gasteiger charge is -2.23. The molecule has 2 aromatic rings. The van der Waals surface area contributed by atoms with Crippen LogP contribution in [0.25, 0.3) is 10.8 Å². The zero-order chi connectivity index (χ0) is 26.0. The average molecular weight is 487 g/mol. The highest BCUT2D eigenvalue weighted by Crippen LogP contribution is 2.26. The third-order valence-corrected chi connectivity index (χ3v) is 5.22. The number of nitrogens with zero attached hydrogens (tertiary/aromatic N) is 1. The second kappa shape index (κ2) is 12.9. The van der Waals surface area contributed by atoms with E-state index in [0.29, 0.717) is 18.5 Å². The Bertz CT molecular complexity index is 1100. The average Bonchev–Trinajstić information content (AvgIpc) is 2.79. The van der Waals surface area contributed by atoms with Crippen molar-refractivity contribution < 1.29 is 29.4 Å². The molecule has 3 atom stereocenters. The van der Waals surface area contributed by atoms with Crippen molar-refractivity contribution in [2.75, 3.05) is 6.54 Å². The Hall–Kier alpha value is -4.19. The highest BCUT2D eigenvalue weighted by atomic mass is 16.4. The topological polar surface area (TPSA) is 223 Å². The second-order valence-electron chi connectivity index (χ2n) is 7.95. The van der Waals surface area contributed by atoms with E-state index in [0.717, 1.165) is 10.8 Å². The van der Waals surface area contributed by atoms with Crippen LogP contribution in [-0.2, 0) is 19.2 Å². The number of carbonyl (C=O) groups is 4. The van der Waals surface area contributed by atoms with E-state index in [-0.39, 0.29) is 18.8 Å². The van der Waals surface area contributed by atoms with E-state index in [1.807, 2.05) is 30.3 Å². The molecule has 2 aromatic carbocycles. The van der Waals surface area contributed by atoms with Crippen LogP contribution in [0.15, 0.2) is 47.5 Å². The second-order valence-corrected chi connectivity index (χ2v) is 7.95. The number of aliphatic imine (C=N–C) groups is 1. The Morgan fingerprint density at radius 2 is 1.63 bits per heavy atom. The molecule has 0 aliphatic rings. The first-order valence-corrected chi connectivity index (χ1v) is 10.9. The van der Waals surface area contributed by atoms with Gasteiger partial charge in [0.05, 0.1) is 24.9 Å². The molecule has 12 heteroatoms. The van der Waals surface area contributed by atoms with Crippen LogP contribution in [0, 0.1) is 0 Å². The van der Waals surface area contributed by atoms with E-state index in [2.05, 4.69) is 15.6 Å². The third-order valence-electron chi connectivity index (χ3n) is 5.22. The zero-order valence-electron chi connectivity index (χ0n) is 19.0. The molecule has 0 aliphatic heterocycles. The molecule has 0 heterocycles. The van der Waals surface area contributed by atoms with Crippen LogP contribution in [0.5, 0.6) is 0 Å². The Morgan fingerprint density at radius 3 is 2.29 bits per heavy atom. The number of rotatable bonds is 13.